The summed E-state index contributed by atoms with van der Waals surface area (Å²) < 4.78 is 15.5. The Morgan fingerprint density at radius 3 is 2.31 bits per heavy atom. The Hall–Kier alpha value is -0.160. The molecule has 13 heavy (non-hydrogen) atoms. The van der Waals surface area contributed by atoms with Gasteiger partial charge in [0, 0.05) is 20.8 Å². The Kier molecular flexibility index (Phi) is 8.33. The van der Waals surface area contributed by atoms with Crippen LogP contribution in [0.15, 0.2) is 0 Å². The molecule has 0 heterocycles. The Balaban J connectivity index is 3.27. The first kappa shape index (κ1) is 12.8. The van der Waals surface area contributed by atoms with Crippen molar-refractivity contribution in [3.8, 4) is 0 Å². The lowest BCUT2D eigenvalue weighted by atomic mass is 10.4. The molecule has 0 aromatic heterocycles. The molecule has 0 aliphatic carbocycles. The third kappa shape index (κ3) is 8.18. The van der Waals surface area contributed by atoms with E-state index in [1.54, 1.807) is 14.2 Å². The van der Waals surface area contributed by atoms with E-state index in [9.17, 15) is 0 Å². The number of rotatable bonds is 8. The van der Waals surface area contributed by atoms with Crippen LogP contribution >= 0.6 is 0 Å². The molecule has 4 nitrogen and oxygen atoms in total. The van der Waals surface area contributed by atoms with E-state index in [0.717, 1.165) is 13.2 Å². The number of hydrogen-bond donors (Lipinski definition) is 0. The Morgan fingerprint density at radius 1 is 1.15 bits per heavy atom. The van der Waals surface area contributed by atoms with Gasteiger partial charge in [-0.25, -0.2) is 0 Å². The molecule has 0 aromatic carbocycles. The third-order valence-corrected chi connectivity index (χ3v) is 1.67. The predicted octanol–water partition coefficient (Wildman–Crippen LogP) is 0.226. The highest BCUT2D eigenvalue weighted by Crippen LogP contribution is 1.92. The van der Waals surface area contributed by atoms with Crippen LogP contribution in [0.5, 0.6) is 0 Å². The van der Waals surface area contributed by atoms with Crippen molar-refractivity contribution in [2.75, 3.05) is 54.7 Å². The molecule has 0 aliphatic heterocycles. The van der Waals surface area contributed by atoms with Crippen LogP contribution in [0.1, 0.15) is 0 Å². The van der Waals surface area contributed by atoms with Gasteiger partial charge in [-0.3, -0.25) is 0 Å². The van der Waals surface area contributed by atoms with Crippen molar-refractivity contribution in [1.82, 2.24) is 4.90 Å². The molecule has 0 radical (unpaired) electrons. The van der Waals surface area contributed by atoms with Crippen molar-refractivity contribution >= 4 is 0 Å². The summed E-state index contributed by atoms with van der Waals surface area (Å²) in [6.45, 7) is 2.84. The highest BCUT2D eigenvalue weighted by Gasteiger charge is 2.05. The van der Waals surface area contributed by atoms with E-state index in [0.29, 0.717) is 13.2 Å². The highest BCUT2D eigenvalue weighted by atomic mass is 16.5. The fraction of sp³-hybridized carbons (Fsp3) is 1.00. The predicted molar refractivity (Wildman–Crippen MR) is 52.0 cm³/mol. The lowest BCUT2D eigenvalue weighted by Gasteiger charge is -2.15. The molecule has 0 bridgehead atoms. The second-order valence-corrected chi connectivity index (χ2v) is 3.19. The van der Waals surface area contributed by atoms with Crippen LogP contribution in [-0.2, 0) is 14.2 Å². The number of methoxy groups -OCH3 is 2. The molecular formula is C9H21NO3. The normalized spacial score (nSPS) is 13.6. The van der Waals surface area contributed by atoms with Crippen LogP contribution in [0.25, 0.3) is 0 Å². The molecule has 1 atom stereocenters. The van der Waals surface area contributed by atoms with Crippen molar-refractivity contribution in [2.45, 2.75) is 6.10 Å². The quantitative estimate of drug-likeness (QED) is 0.514. The van der Waals surface area contributed by atoms with Crippen molar-refractivity contribution < 1.29 is 14.2 Å². The Labute approximate surface area is 80.8 Å². The number of likely N-dealkylation sites (N-methyl/N-ethyl adjacent to an activating group) is 1. The van der Waals surface area contributed by atoms with Crippen LogP contribution < -0.4 is 0 Å². The fourth-order valence-corrected chi connectivity index (χ4v) is 0.832. The average Bonchev–Trinajstić information content (AvgIpc) is 2.10. The van der Waals surface area contributed by atoms with Crippen molar-refractivity contribution in [3.05, 3.63) is 0 Å². The molecule has 0 rings (SSSR count). The topological polar surface area (TPSA) is 30.9 Å². The van der Waals surface area contributed by atoms with Crippen LogP contribution in [0, 0.1) is 0 Å². The summed E-state index contributed by atoms with van der Waals surface area (Å²) in [5.41, 5.74) is 0. The van der Waals surface area contributed by atoms with Crippen LogP contribution in [0.4, 0.5) is 0 Å². The lowest BCUT2D eigenvalue weighted by molar-refractivity contribution is -0.0320. The SMILES string of the molecule is COCC(COCCN(C)C)OC. The van der Waals surface area contributed by atoms with Crippen LogP contribution in [-0.4, -0.2) is 65.7 Å². The second-order valence-electron chi connectivity index (χ2n) is 3.19. The summed E-state index contributed by atoms with van der Waals surface area (Å²) in [6.07, 6.45) is 0.0483. The van der Waals surface area contributed by atoms with E-state index in [1.165, 1.54) is 0 Å². The number of hydrogen-bond acceptors (Lipinski definition) is 4. The molecule has 80 valence electrons. The summed E-state index contributed by atoms with van der Waals surface area (Å²) in [7, 11) is 7.36. The van der Waals surface area contributed by atoms with Gasteiger partial charge in [0.25, 0.3) is 0 Å². The first-order valence-corrected chi connectivity index (χ1v) is 4.45. The number of ether oxygens (including phenoxy) is 3. The van der Waals surface area contributed by atoms with Gasteiger partial charge in [-0.2, -0.15) is 0 Å². The van der Waals surface area contributed by atoms with Gasteiger partial charge in [-0.1, -0.05) is 0 Å². The zero-order valence-electron chi connectivity index (χ0n) is 9.08. The van der Waals surface area contributed by atoms with E-state index in [1.807, 2.05) is 14.1 Å². The minimum atomic E-state index is 0.0483. The van der Waals surface area contributed by atoms with E-state index >= 15 is 0 Å². The Bertz CT molecular complexity index is 109. The van der Waals surface area contributed by atoms with Gasteiger partial charge in [-0.15, -0.1) is 0 Å². The maximum absolute atomic E-state index is 5.40. The smallest absolute Gasteiger partial charge is 0.104 e. The molecule has 0 N–H and O–H groups in total. The van der Waals surface area contributed by atoms with E-state index in [4.69, 9.17) is 14.2 Å². The molecule has 0 saturated heterocycles. The first-order chi connectivity index (χ1) is 6.20. The molecule has 0 spiro atoms. The van der Waals surface area contributed by atoms with Gasteiger partial charge in [0.15, 0.2) is 0 Å². The third-order valence-electron chi connectivity index (χ3n) is 1.67. The minimum Gasteiger partial charge on any atom is -0.382 e. The maximum Gasteiger partial charge on any atom is 0.104 e. The van der Waals surface area contributed by atoms with Crippen LogP contribution in [0.3, 0.4) is 0 Å². The van der Waals surface area contributed by atoms with E-state index < -0.39 is 0 Å². The van der Waals surface area contributed by atoms with Gasteiger partial charge < -0.3 is 19.1 Å². The standard InChI is InChI=1S/C9H21NO3/c1-10(2)5-6-13-8-9(12-4)7-11-3/h9H,5-8H2,1-4H3. The number of nitrogens with zero attached hydrogens (tertiary/aromatic N) is 1. The van der Waals surface area contributed by atoms with Crippen LogP contribution in [0.2, 0.25) is 0 Å². The summed E-state index contributed by atoms with van der Waals surface area (Å²) in [5, 5.41) is 0. The summed E-state index contributed by atoms with van der Waals surface area (Å²) in [6, 6.07) is 0. The monoisotopic (exact) mass is 191 g/mol. The highest BCUT2D eigenvalue weighted by molar-refractivity contribution is 4.53. The van der Waals surface area contributed by atoms with Gasteiger partial charge in [-0.05, 0) is 14.1 Å². The second kappa shape index (κ2) is 8.44. The van der Waals surface area contributed by atoms with Crippen molar-refractivity contribution in [1.29, 1.82) is 0 Å². The summed E-state index contributed by atoms with van der Waals surface area (Å²) in [5.74, 6) is 0. The van der Waals surface area contributed by atoms with Gasteiger partial charge >= 0.3 is 0 Å². The van der Waals surface area contributed by atoms with Gasteiger partial charge in [0.05, 0.1) is 19.8 Å². The van der Waals surface area contributed by atoms with E-state index in [-0.39, 0.29) is 6.10 Å². The molecule has 4 heteroatoms. The van der Waals surface area contributed by atoms with Crippen molar-refractivity contribution in [2.24, 2.45) is 0 Å². The fourth-order valence-electron chi connectivity index (χ4n) is 0.832. The first-order valence-electron chi connectivity index (χ1n) is 4.45. The Morgan fingerprint density at radius 2 is 1.85 bits per heavy atom. The largest absolute Gasteiger partial charge is 0.382 e. The van der Waals surface area contributed by atoms with Gasteiger partial charge in [0.1, 0.15) is 6.10 Å². The summed E-state index contributed by atoms with van der Waals surface area (Å²) in [4.78, 5) is 2.08. The summed E-state index contributed by atoms with van der Waals surface area (Å²) >= 11 is 0. The average molecular weight is 191 g/mol. The molecule has 0 aliphatic rings. The zero-order valence-corrected chi connectivity index (χ0v) is 9.08. The molecule has 0 aromatic rings. The maximum atomic E-state index is 5.40. The zero-order chi connectivity index (χ0) is 10.1. The molecule has 0 amide bonds. The molecule has 0 saturated carbocycles. The van der Waals surface area contributed by atoms with Gasteiger partial charge in [0.2, 0.25) is 0 Å². The molecular weight excluding hydrogens is 170 g/mol. The minimum absolute atomic E-state index is 0.0483. The molecule has 0 fully saturated rings. The molecule has 1 unspecified atom stereocenters. The van der Waals surface area contributed by atoms with Crippen molar-refractivity contribution in [3.63, 3.8) is 0 Å². The lowest BCUT2D eigenvalue weighted by Crippen LogP contribution is -2.26. The van der Waals surface area contributed by atoms with E-state index in [2.05, 4.69) is 4.90 Å².